The standard InChI is InChI=1S/C22H24FN5O4S2/c1-28-6-4-16-19(10-28)33-22(27-16)21(30)26-18-11-34(31,32)7-5-15(18)25-20(29)17-9-12-8-13(23)2-3-14(12)24-17/h2-3,8-9,15,18,24H,4-7,10-11H2,1H3,(H,25,29)(H,26,30)/t15-,18-/m0/s1. The van der Waals surface area contributed by atoms with Crippen LogP contribution in [0, 0.1) is 5.82 Å². The van der Waals surface area contributed by atoms with Gasteiger partial charge in [0.2, 0.25) is 0 Å². The highest BCUT2D eigenvalue weighted by molar-refractivity contribution is 7.91. The first-order chi connectivity index (χ1) is 16.2. The van der Waals surface area contributed by atoms with E-state index in [2.05, 4.69) is 25.5 Å². The number of aromatic amines is 1. The smallest absolute Gasteiger partial charge is 0.280 e. The number of carbonyl (C=O) groups excluding carboxylic acids is 2. The van der Waals surface area contributed by atoms with Gasteiger partial charge in [-0.05, 0) is 37.7 Å². The van der Waals surface area contributed by atoms with Crippen molar-refractivity contribution >= 4 is 43.9 Å². The number of hydrogen-bond donors (Lipinski definition) is 3. The predicted octanol–water partition coefficient (Wildman–Crippen LogP) is 1.47. The molecule has 9 nitrogen and oxygen atoms in total. The maximum absolute atomic E-state index is 13.5. The van der Waals surface area contributed by atoms with Gasteiger partial charge in [-0.1, -0.05) is 0 Å². The third kappa shape index (κ3) is 4.70. The van der Waals surface area contributed by atoms with E-state index >= 15 is 0 Å². The summed E-state index contributed by atoms with van der Waals surface area (Å²) in [5.41, 5.74) is 1.75. The highest BCUT2D eigenvalue weighted by atomic mass is 32.2. The third-order valence-corrected chi connectivity index (χ3v) is 9.04. The van der Waals surface area contributed by atoms with E-state index in [1.165, 1.54) is 29.5 Å². The zero-order chi connectivity index (χ0) is 24.0. The van der Waals surface area contributed by atoms with Crippen molar-refractivity contribution in [2.24, 2.45) is 0 Å². The number of fused-ring (bicyclic) bond motifs is 2. The largest absolute Gasteiger partial charge is 0.351 e. The number of nitrogens with one attached hydrogen (secondary N) is 3. The molecule has 0 aliphatic carbocycles. The van der Waals surface area contributed by atoms with Gasteiger partial charge in [0, 0.05) is 35.3 Å². The zero-order valence-corrected chi connectivity index (χ0v) is 20.1. The number of aromatic nitrogens is 2. The number of thiazole rings is 1. The van der Waals surface area contributed by atoms with Crippen LogP contribution in [0.2, 0.25) is 0 Å². The zero-order valence-electron chi connectivity index (χ0n) is 18.4. The molecule has 1 aromatic carbocycles. The van der Waals surface area contributed by atoms with Crippen LogP contribution < -0.4 is 10.6 Å². The van der Waals surface area contributed by atoms with Crippen LogP contribution in [0.3, 0.4) is 0 Å². The summed E-state index contributed by atoms with van der Waals surface area (Å²) in [6.07, 6.45) is 0.938. The summed E-state index contributed by atoms with van der Waals surface area (Å²) in [5.74, 6) is -1.65. The number of halogens is 1. The van der Waals surface area contributed by atoms with Gasteiger partial charge in [-0.2, -0.15) is 0 Å². The summed E-state index contributed by atoms with van der Waals surface area (Å²) < 4.78 is 38.1. The summed E-state index contributed by atoms with van der Waals surface area (Å²) >= 11 is 1.31. The van der Waals surface area contributed by atoms with E-state index in [0.717, 1.165) is 30.1 Å². The number of amides is 2. The third-order valence-electron chi connectivity index (χ3n) is 6.24. The Kier molecular flexibility index (Phi) is 5.90. The number of H-pyrrole nitrogens is 1. The Morgan fingerprint density at radius 2 is 2.00 bits per heavy atom. The molecule has 1 fully saturated rings. The van der Waals surface area contributed by atoms with Crippen LogP contribution in [-0.4, -0.2) is 72.3 Å². The summed E-state index contributed by atoms with van der Waals surface area (Å²) in [5, 5.41) is 6.49. The lowest BCUT2D eigenvalue weighted by Gasteiger charge is -2.32. The van der Waals surface area contributed by atoms with Gasteiger partial charge in [0.05, 0.1) is 29.3 Å². The minimum atomic E-state index is -3.37. The van der Waals surface area contributed by atoms with Gasteiger partial charge in [-0.15, -0.1) is 11.3 Å². The van der Waals surface area contributed by atoms with E-state index in [4.69, 9.17) is 0 Å². The van der Waals surface area contributed by atoms with Gasteiger partial charge in [-0.25, -0.2) is 17.8 Å². The summed E-state index contributed by atoms with van der Waals surface area (Å²) in [4.78, 5) is 36.4. The molecule has 2 aliphatic rings. The Morgan fingerprint density at radius 1 is 1.21 bits per heavy atom. The molecule has 0 bridgehead atoms. The fourth-order valence-corrected chi connectivity index (χ4v) is 7.15. The van der Waals surface area contributed by atoms with Crippen molar-refractivity contribution in [2.45, 2.75) is 31.5 Å². The maximum atomic E-state index is 13.5. The molecular formula is C22H24FN5O4S2. The SMILES string of the molecule is CN1CCc2nc(C(=O)N[C@H]3CS(=O)(=O)CC[C@@H]3NC(=O)c3cc4cc(F)ccc4[nH]3)sc2C1. The Labute approximate surface area is 199 Å². The lowest BCUT2D eigenvalue weighted by molar-refractivity contribution is 0.0882. The van der Waals surface area contributed by atoms with Crippen molar-refractivity contribution in [3.05, 3.63) is 51.4 Å². The van der Waals surface area contributed by atoms with Crippen LogP contribution in [0.4, 0.5) is 4.39 Å². The number of rotatable bonds is 4. The van der Waals surface area contributed by atoms with Crippen molar-refractivity contribution in [1.82, 2.24) is 25.5 Å². The molecule has 34 heavy (non-hydrogen) atoms. The molecule has 1 saturated heterocycles. The van der Waals surface area contributed by atoms with Crippen molar-refractivity contribution in [3.63, 3.8) is 0 Å². The van der Waals surface area contributed by atoms with Gasteiger partial charge in [-0.3, -0.25) is 9.59 Å². The van der Waals surface area contributed by atoms with Crippen molar-refractivity contribution in [3.8, 4) is 0 Å². The Hall–Kier alpha value is -2.83. The van der Waals surface area contributed by atoms with Crippen LogP contribution in [0.15, 0.2) is 24.3 Å². The van der Waals surface area contributed by atoms with Crippen molar-refractivity contribution < 1.29 is 22.4 Å². The monoisotopic (exact) mass is 505 g/mol. The molecule has 3 aromatic rings. The molecule has 2 amide bonds. The molecule has 5 rings (SSSR count). The second kappa shape index (κ2) is 8.75. The quantitative estimate of drug-likeness (QED) is 0.493. The molecule has 180 valence electrons. The average Bonchev–Trinajstić information content (AvgIpc) is 3.38. The molecule has 0 unspecified atom stereocenters. The fraction of sp³-hybridized carbons (Fsp3) is 0.409. The van der Waals surface area contributed by atoms with Crippen LogP contribution in [0.25, 0.3) is 10.9 Å². The van der Waals surface area contributed by atoms with Crippen LogP contribution in [0.5, 0.6) is 0 Å². The number of benzene rings is 1. The normalized spacial score (nSPS) is 22.3. The van der Waals surface area contributed by atoms with Crippen LogP contribution in [-0.2, 0) is 22.8 Å². The van der Waals surface area contributed by atoms with Crippen molar-refractivity contribution in [1.29, 1.82) is 0 Å². The number of hydrogen-bond acceptors (Lipinski definition) is 7. The highest BCUT2D eigenvalue weighted by Crippen LogP contribution is 2.25. The average molecular weight is 506 g/mol. The van der Waals surface area contributed by atoms with E-state index in [9.17, 15) is 22.4 Å². The van der Waals surface area contributed by atoms with E-state index < -0.39 is 39.6 Å². The molecule has 0 radical (unpaired) electrons. The van der Waals surface area contributed by atoms with Gasteiger partial charge in [0.15, 0.2) is 14.8 Å². The van der Waals surface area contributed by atoms with E-state index in [1.54, 1.807) is 6.07 Å². The van der Waals surface area contributed by atoms with E-state index in [1.807, 2.05) is 7.05 Å². The van der Waals surface area contributed by atoms with Gasteiger partial charge in [0.25, 0.3) is 11.8 Å². The lowest BCUT2D eigenvalue weighted by atomic mass is 10.1. The minimum Gasteiger partial charge on any atom is -0.351 e. The molecule has 0 saturated carbocycles. The Balaban J connectivity index is 1.32. The lowest BCUT2D eigenvalue weighted by Crippen LogP contribution is -2.58. The number of likely N-dealkylation sites (N-methyl/N-ethyl adjacent to an activating group) is 1. The molecule has 2 atom stereocenters. The van der Waals surface area contributed by atoms with Crippen LogP contribution in [0.1, 0.15) is 37.3 Å². The van der Waals surface area contributed by atoms with Gasteiger partial charge in [0.1, 0.15) is 11.5 Å². The molecule has 2 aliphatic heterocycles. The van der Waals surface area contributed by atoms with E-state index in [0.29, 0.717) is 15.9 Å². The maximum Gasteiger partial charge on any atom is 0.280 e. The first kappa shape index (κ1) is 22.9. The fourth-order valence-electron chi connectivity index (χ4n) is 4.42. The Morgan fingerprint density at radius 3 is 2.82 bits per heavy atom. The first-order valence-corrected chi connectivity index (χ1v) is 13.6. The van der Waals surface area contributed by atoms with Gasteiger partial charge >= 0.3 is 0 Å². The minimum absolute atomic E-state index is 0.0832. The van der Waals surface area contributed by atoms with E-state index in [-0.39, 0.29) is 23.6 Å². The highest BCUT2D eigenvalue weighted by Gasteiger charge is 2.36. The summed E-state index contributed by atoms with van der Waals surface area (Å²) in [7, 11) is -1.36. The number of nitrogens with zero attached hydrogens (tertiary/aromatic N) is 2. The second-order valence-corrected chi connectivity index (χ2v) is 12.2. The number of carbonyl (C=O) groups is 2. The Bertz CT molecular complexity index is 1380. The summed E-state index contributed by atoms with van der Waals surface area (Å²) in [6.45, 7) is 1.60. The molecule has 4 heterocycles. The molecular weight excluding hydrogens is 481 g/mol. The first-order valence-electron chi connectivity index (χ1n) is 10.9. The summed E-state index contributed by atoms with van der Waals surface area (Å²) in [6, 6.07) is 4.34. The number of sulfone groups is 1. The molecule has 3 N–H and O–H groups in total. The topological polar surface area (TPSA) is 124 Å². The predicted molar refractivity (Wildman–Crippen MR) is 126 cm³/mol. The molecule has 2 aromatic heterocycles. The van der Waals surface area contributed by atoms with Gasteiger partial charge < -0.3 is 20.5 Å². The molecule has 0 spiro atoms. The van der Waals surface area contributed by atoms with Crippen molar-refractivity contribution in [2.75, 3.05) is 25.1 Å². The van der Waals surface area contributed by atoms with Crippen LogP contribution >= 0.6 is 11.3 Å². The second-order valence-electron chi connectivity index (χ2n) is 8.85. The molecule has 12 heteroatoms.